The number of aliphatic hydroxyl groups is 1. The second kappa shape index (κ2) is 6.35. The van der Waals surface area contributed by atoms with Gasteiger partial charge in [0.1, 0.15) is 5.82 Å². The number of nitrogens with zero attached hydrogens (tertiary/aromatic N) is 1. The van der Waals surface area contributed by atoms with Crippen molar-refractivity contribution in [2.24, 2.45) is 5.92 Å². The molecule has 1 fully saturated rings. The molecule has 0 aliphatic carbocycles. The van der Waals surface area contributed by atoms with E-state index in [-0.39, 0.29) is 5.82 Å². The van der Waals surface area contributed by atoms with Gasteiger partial charge in [0.25, 0.3) is 0 Å². The van der Waals surface area contributed by atoms with Gasteiger partial charge in [-0.3, -0.25) is 0 Å². The summed E-state index contributed by atoms with van der Waals surface area (Å²) in [6.45, 7) is 4.34. The van der Waals surface area contributed by atoms with Crippen molar-refractivity contribution in [3.8, 4) is 0 Å². The third kappa shape index (κ3) is 3.45. The minimum atomic E-state index is -0.651. The van der Waals surface area contributed by atoms with Crippen LogP contribution in [-0.2, 0) is 4.74 Å². The van der Waals surface area contributed by atoms with Gasteiger partial charge in [-0.2, -0.15) is 0 Å². The average molecular weight is 267 g/mol. The number of methoxy groups -OCH3 is 1. The van der Waals surface area contributed by atoms with Crippen molar-refractivity contribution < 1.29 is 14.2 Å². The molecule has 2 rings (SSSR count). The molecular weight excluding hydrogens is 245 g/mol. The summed E-state index contributed by atoms with van der Waals surface area (Å²) in [6, 6.07) is 4.66. The van der Waals surface area contributed by atoms with Gasteiger partial charge >= 0.3 is 0 Å². The fraction of sp³-hybridized carbons (Fsp3) is 0.600. The third-order valence-electron chi connectivity index (χ3n) is 3.80. The van der Waals surface area contributed by atoms with Gasteiger partial charge in [-0.1, -0.05) is 0 Å². The molecule has 1 aliphatic heterocycles. The van der Waals surface area contributed by atoms with Gasteiger partial charge < -0.3 is 14.7 Å². The maximum absolute atomic E-state index is 13.3. The molecule has 0 amide bonds. The van der Waals surface area contributed by atoms with Crippen molar-refractivity contribution in [3.05, 3.63) is 29.6 Å². The van der Waals surface area contributed by atoms with E-state index in [1.807, 2.05) is 0 Å². The fourth-order valence-corrected chi connectivity index (χ4v) is 2.72. The topological polar surface area (TPSA) is 32.7 Å². The lowest BCUT2D eigenvalue weighted by atomic mass is 9.96. The number of rotatable bonds is 4. The summed E-state index contributed by atoms with van der Waals surface area (Å²) in [5.74, 6) is 0.311. The Balaban J connectivity index is 2.11. The van der Waals surface area contributed by atoms with Crippen LogP contribution in [0.15, 0.2) is 18.2 Å². The van der Waals surface area contributed by atoms with Gasteiger partial charge in [0.15, 0.2) is 0 Å². The first-order chi connectivity index (χ1) is 9.11. The standard InChI is InChI=1S/C15H22FNO2/c1-11(18)14-9-13(16)3-4-15(14)17-7-5-12(6-8-17)10-19-2/h3-4,9,11-12,18H,5-8,10H2,1-2H3. The Morgan fingerprint density at radius 3 is 2.68 bits per heavy atom. The first-order valence-corrected chi connectivity index (χ1v) is 6.83. The maximum Gasteiger partial charge on any atom is 0.123 e. The number of anilines is 1. The molecule has 0 spiro atoms. The quantitative estimate of drug-likeness (QED) is 0.910. The summed E-state index contributed by atoms with van der Waals surface area (Å²) in [5.41, 5.74) is 1.62. The molecule has 1 aromatic carbocycles. The molecule has 4 heteroatoms. The molecule has 1 aliphatic rings. The number of hydrogen-bond donors (Lipinski definition) is 1. The number of aliphatic hydroxyl groups excluding tert-OH is 1. The molecule has 0 radical (unpaired) electrons. The summed E-state index contributed by atoms with van der Waals surface area (Å²) in [5, 5.41) is 9.78. The van der Waals surface area contributed by atoms with E-state index >= 15 is 0 Å². The minimum Gasteiger partial charge on any atom is -0.389 e. The van der Waals surface area contributed by atoms with E-state index in [4.69, 9.17) is 4.74 Å². The summed E-state index contributed by atoms with van der Waals surface area (Å²) in [7, 11) is 1.73. The van der Waals surface area contributed by atoms with E-state index in [0.717, 1.165) is 38.2 Å². The molecule has 1 N–H and O–H groups in total. The summed E-state index contributed by atoms with van der Waals surface area (Å²) >= 11 is 0. The molecule has 0 aromatic heterocycles. The Labute approximate surface area is 114 Å². The molecule has 0 bridgehead atoms. The lowest BCUT2D eigenvalue weighted by Crippen LogP contribution is -2.35. The van der Waals surface area contributed by atoms with Crippen molar-refractivity contribution >= 4 is 5.69 Å². The first-order valence-electron chi connectivity index (χ1n) is 6.83. The highest BCUT2D eigenvalue weighted by Crippen LogP contribution is 2.30. The lowest BCUT2D eigenvalue weighted by molar-refractivity contribution is 0.139. The van der Waals surface area contributed by atoms with Gasteiger partial charge in [0.2, 0.25) is 0 Å². The number of halogens is 1. The Hall–Kier alpha value is -1.13. The summed E-state index contributed by atoms with van der Waals surface area (Å²) in [6.07, 6.45) is 1.50. The highest BCUT2D eigenvalue weighted by Gasteiger charge is 2.22. The van der Waals surface area contributed by atoms with Crippen LogP contribution >= 0.6 is 0 Å². The van der Waals surface area contributed by atoms with Crippen LogP contribution in [0.1, 0.15) is 31.4 Å². The normalized spacial score (nSPS) is 18.6. The highest BCUT2D eigenvalue weighted by molar-refractivity contribution is 5.55. The fourth-order valence-electron chi connectivity index (χ4n) is 2.72. The Kier molecular flexibility index (Phi) is 4.77. The Morgan fingerprint density at radius 2 is 2.11 bits per heavy atom. The molecule has 1 aromatic rings. The van der Waals surface area contributed by atoms with E-state index in [2.05, 4.69) is 4.90 Å². The largest absolute Gasteiger partial charge is 0.389 e. The average Bonchev–Trinajstić information content (AvgIpc) is 2.40. The molecule has 19 heavy (non-hydrogen) atoms. The van der Waals surface area contributed by atoms with Gasteiger partial charge in [-0.15, -0.1) is 0 Å². The van der Waals surface area contributed by atoms with Crippen molar-refractivity contribution in [2.75, 3.05) is 31.7 Å². The van der Waals surface area contributed by atoms with E-state index in [1.165, 1.54) is 12.1 Å². The zero-order chi connectivity index (χ0) is 13.8. The van der Waals surface area contributed by atoms with Crippen molar-refractivity contribution in [1.82, 2.24) is 0 Å². The van der Waals surface area contributed by atoms with Gasteiger partial charge in [0, 0.05) is 38.1 Å². The SMILES string of the molecule is COCC1CCN(c2ccc(F)cc2C(C)O)CC1. The molecule has 1 heterocycles. The number of benzene rings is 1. The monoisotopic (exact) mass is 267 g/mol. The predicted molar refractivity (Wildman–Crippen MR) is 73.8 cm³/mol. The highest BCUT2D eigenvalue weighted by atomic mass is 19.1. The molecule has 0 saturated carbocycles. The van der Waals surface area contributed by atoms with Crippen LogP contribution in [0.2, 0.25) is 0 Å². The van der Waals surface area contributed by atoms with E-state index in [9.17, 15) is 9.50 Å². The number of hydrogen-bond acceptors (Lipinski definition) is 3. The zero-order valence-electron chi connectivity index (χ0n) is 11.6. The molecular formula is C15H22FNO2. The predicted octanol–water partition coefficient (Wildman–Crippen LogP) is 2.74. The van der Waals surface area contributed by atoms with Crippen LogP contribution in [0, 0.1) is 11.7 Å². The van der Waals surface area contributed by atoms with Crippen LogP contribution in [-0.4, -0.2) is 31.9 Å². The van der Waals surface area contributed by atoms with Crippen LogP contribution in [0.4, 0.5) is 10.1 Å². The van der Waals surface area contributed by atoms with E-state index in [1.54, 1.807) is 20.1 Å². The summed E-state index contributed by atoms with van der Waals surface area (Å²) < 4.78 is 18.5. The smallest absolute Gasteiger partial charge is 0.123 e. The van der Waals surface area contributed by atoms with Crippen molar-refractivity contribution in [1.29, 1.82) is 0 Å². The number of piperidine rings is 1. The van der Waals surface area contributed by atoms with Crippen LogP contribution in [0.5, 0.6) is 0 Å². The first kappa shape index (κ1) is 14.3. The molecule has 1 saturated heterocycles. The molecule has 106 valence electrons. The third-order valence-corrected chi connectivity index (χ3v) is 3.80. The van der Waals surface area contributed by atoms with E-state index < -0.39 is 6.10 Å². The molecule has 3 nitrogen and oxygen atoms in total. The van der Waals surface area contributed by atoms with Gasteiger partial charge in [0.05, 0.1) is 6.10 Å². The van der Waals surface area contributed by atoms with Gasteiger partial charge in [-0.25, -0.2) is 4.39 Å². The van der Waals surface area contributed by atoms with Gasteiger partial charge in [-0.05, 0) is 43.9 Å². The van der Waals surface area contributed by atoms with Crippen LogP contribution < -0.4 is 4.90 Å². The molecule has 1 atom stereocenters. The van der Waals surface area contributed by atoms with Crippen molar-refractivity contribution in [2.45, 2.75) is 25.9 Å². The van der Waals surface area contributed by atoms with Crippen LogP contribution in [0.25, 0.3) is 0 Å². The second-order valence-electron chi connectivity index (χ2n) is 5.26. The Bertz CT molecular complexity index is 415. The number of ether oxygens (including phenoxy) is 1. The zero-order valence-corrected chi connectivity index (χ0v) is 11.6. The van der Waals surface area contributed by atoms with Crippen molar-refractivity contribution in [3.63, 3.8) is 0 Å². The second-order valence-corrected chi connectivity index (χ2v) is 5.26. The maximum atomic E-state index is 13.3. The van der Waals surface area contributed by atoms with E-state index in [0.29, 0.717) is 11.5 Å². The summed E-state index contributed by atoms with van der Waals surface area (Å²) in [4.78, 5) is 2.23. The Morgan fingerprint density at radius 1 is 1.42 bits per heavy atom. The van der Waals surface area contributed by atoms with Crippen LogP contribution in [0.3, 0.4) is 0 Å². The lowest BCUT2D eigenvalue weighted by Gasteiger charge is -2.35. The minimum absolute atomic E-state index is 0.297. The molecule has 1 unspecified atom stereocenters.